The van der Waals surface area contributed by atoms with Gasteiger partial charge in [-0.25, -0.2) is 18.5 Å². The zero-order chi connectivity index (χ0) is 23.3. The van der Waals surface area contributed by atoms with Crippen molar-refractivity contribution in [2.45, 2.75) is 18.1 Å². The second kappa shape index (κ2) is 9.88. The van der Waals surface area contributed by atoms with Crippen LogP contribution < -0.4 is 10.8 Å². The Labute approximate surface area is 178 Å². The molecule has 0 aliphatic carbocycles. The maximum absolute atomic E-state index is 12.5. The fourth-order valence-corrected chi connectivity index (χ4v) is 5.21. The van der Waals surface area contributed by atoms with Gasteiger partial charge in [0.1, 0.15) is 11.6 Å². The molecule has 2 amide bonds. The van der Waals surface area contributed by atoms with Crippen molar-refractivity contribution in [1.29, 1.82) is 0 Å². The largest absolute Gasteiger partial charge is 0.469 e. The molecule has 0 bridgehead atoms. The lowest BCUT2D eigenvalue weighted by Gasteiger charge is -2.44. The van der Waals surface area contributed by atoms with Crippen LogP contribution in [0.15, 0.2) is 24.3 Å². The van der Waals surface area contributed by atoms with Gasteiger partial charge in [-0.1, -0.05) is 11.8 Å². The van der Waals surface area contributed by atoms with Gasteiger partial charge < -0.3 is 19.8 Å². The van der Waals surface area contributed by atoms with E-state index in [-0.39, 0.29) is 18.6 Å². The summed E-state index contributed by atoms with van der Waals surface area (Å²) in [5.41, 5.74) is 0.554. The van der Waals surface area contributed by atoms with Crippen LogP contribution in [0.5, 0.6) is 0 Å². The molecule has 14 heteroatoms. The van der Waals surface area contributed by atoms with Gasteiger partial charge in [0.25, 0.3) is 11.8 Å². The second-order valence-electron chi connectivity index (χ2n) is 6.64. The third kappa shape index (κ3) is 6.84. The normalized spacial score (nSPS) is 17.4. The number of sulfone groups is 1. The first-order chi connectivity index (χ1) is 14.4. The number of phosphoric acid groups is 1. The summed E-state index contributed by atoms with van der Waals surface area (Å²) in [5, 5.41) is 11.4. The van der Waals surface area contributed by atoms with Crippen molar-refractivity contribution in [3.05, 3.63) is 35.4 Å². The Morgan fingerprint density at radius 3 is 2.35 bits per heavy atom. The van der Waals surface area contributed by atoms with Crippen LogP contribution >= 0.6 is 7.82 Å². The van der Waals surface area contributed by atoms with Crippen LogP contribution in [0.2, 0.25) is 0 Å². The lowest BCUT2D eigenvalue weighted by Crippen LogP contribution is -2.71. The quantitative estimate of drug-likeness (QED) is 0.102. The molecule has 0 saturated carbocycles. The number of nitrogens with one attached hydrogen (secondary N) is 2. The number of benzene rings is 1. The average Bonchev–Trinajstić information content (AvgIpc) is 2.68. The molecule has 0 aromatic heterocycles. The number of amides is 2. The molecule has 2 rings (SSSR count). The van der Waals surface area contributed by atoms with Gasteiger partial charge in [-0.15, -0.1) is 0 Å². The maximum atomic E-state index is 12.5. The van der Waals surface area contributed by atoms with Gasteiger partial charge in [0.15, 0.2) is 9.84 Å². The number of hydrogen-bond acceptors (Lipinski definition) is 8. The van der Waals surface area contributed by atoms with Crippen molar-refractivity contribution in [2.75, 3.05) is 25.2 Å². The topological polar surface area (TPSA) is 189 Å². The van der Waals surface area contributed by atoms with Crippen molar-refractivity contribution >= 4 is 29.5 Å². The minimum absolute atomic E-state index is 0.0767. The Morgan fingerprint density at radius 1 is 1.26 bits per heavy atom. The van der Waals surface area contributed by atoms with Gasteiger partial charge >= 0.3 is 7.82 Å². The van der Waals surface area contributed by atoms with Gasteiger partial charge in [-0.05, 0) is 24.3 Å². The van der Waals surface area contributed by atoms with Gasteiger partial charge in [-0.2, -0.15) is 0 Å². The van der Waals surface area contributed by atoms with E-state index in [1.807, 2.05) is 0 Å². The molecule has 1 unspecified atom stereocenters. The van der Waals surface area contributed by atoms with E-state index in [1.54, 1.807) is 0 Å². The van der Waals surface area contributed by atoms with E-state index >= 15 is 0 Å². The molecule has 12 nitrogen and oxygen atoms in total. The zero-order valence-corrected chi connectivity index (χ0v) is 18.0. The Kier molecular flexibility index (Phi) is 7.96. The van der Waals surface area contributed by atoms with E-state index < -0.39 is 52.6 Å². The molecule has 0 radical (unpaired) electrons. The number of ether oxygens (including phenoxy) is 1. The van der Waals surface area contributed by atoms with Crippen LogP contribution in [0.4, 0.5) is 0 Å². The summed E-state index contributed by atoms with van der Waals surface area (Å²) in [6.45, 7) is -0.247. The van der Waals surface area contributed by atoms with Crippen LogP contribution in [0.1, 0.15) is 22.3 Å². The standard InChI is InChI=1S/C17H21N2O10PS/c1-28-17(10-31(26,27)11-17)14(16(21)19-22)18-15(20)13-7-5-12(6-8-13)4-2-3-9-29-30(23,24)25/h5-8,14,22H,3,9-11H2,1H3,(H,18,20)(H,19,21)(H2,23,24,25). The van der Waals surface area contributed by atoms with E-state index in [2.05, 4.69) is 21.7 Å². The lowest BCUT2D eigenvalue weighted by molar-refractivity contribution is -0.138. The van der Waals surface area contributed by atoms with Crippen LogP contribution in [0, 0.1) is 11.8 Å². The maximum Gasteiger partial charge on any atom is 0.469 e. The van der Waals surface area contributed by atoms with E-state index in [9.17, 15) is 22.6 Å². The Hall–Kier alpha value is -2.30. The summed E-state index contributed by atoms with van der Waals surface area (Å²) in [5.74, 6) is 2.67. The van der Waals surface area contributed by atoms with E-state index in [0.717, 1.165) is 0 Å². The molecule has 1 saturated heterocycles. The fraction of sp³-hybridized carbons (Fsp3) is 0.412. The predicted molar refractivity (Wildman–Crippen MR) is 106 cm³/mol. The van der Waals surface area contributed by atoms with Gasteiger partial charge in [-0.3, -0.25) is 19.3 Å². The fourth-order valence-electron chi connectivity index (χ4n) is 2.90. The van der Waals surface area contributed by atoms with Crippen molar-refractivity contribution < 1.29 is 46.8 Å². The zero-order valence-electron chi connectivity index (χ0n) is 16.3. The molecule has 1 fully saturated rings. The summed E-state index contributed by atoms with van der Waals surface area (Å²) in [6, 6.07) is 4.39. The number of hydrogen-bond donors (Lipinski definition) is 5. The van der Waals surface area contributed by atoms with Gasteiger partial charge in [0.05, 0.1) is 18.1 Å². The molecular weight excluding hydrogens is 455 g/mol. The molecule has 1 aliphatic heterocycles. The second-order valence-corrected chi connectivity index (χ2v) is 9.94. The molecule has 5 N–H and O–H groups in total. The van der Waals surface area contributed by atoms with Crippen molar-refractivity contribution in [1.82, 2.24) is 10.8 Å². The smallest absolute Gasteiger partial charge is 0.373 e. The Balaban J connectivity index is 2.05. The predicted octanol–water partition coefficient (Wildman–Crippen LogP) is -1.05. The number of rotatable bonds is 8. The van der Waals surface area contributed by atoms with E-state index in [4.69, 9.17) is 19.7 Å². The molecule has 31 heavy (non-hydrogen) atoms. The van der Waals surface area contributed by atoms with Crippen LogP contribution in [0.3, 0.4) is 0 Å². The number of carbonyl (C=O) groups excluding carboxylic acids is 2. The van der Waals surface area contributed by atoms with E-state index in [0.29, 0.717) is 5.56 Å². The first kappa shape index (κ1) is 25.0. The monoisotopic (exact) mass is 476 g/mol. The summed E-state index contributed by atoms with van der Waals surface area (Å²) in [6.07, 6.45) is 0.0767. The van der Waals surface area contributed by atoms with Crippen molar-refractivity contribution in [3.63, 3.8) is 0 Å². The number of hydroxylamine groups is 1. The average molecular weight is 476 g/mol. The van der Waals surface area contributed by atoms with Gasteiger partial charge in [0.2, 0.25) is 0 Å². The minimum atomic E-state index is -4.54. The van der Waals surface area contributed by atoms with Crippen molar-refractivity contribution in [2.24, 2.45) is 0 Å². The van der Waals surface area contributed by atoms with Crippen LogP contribution in [-0.4, -0.2) is 72.1 Å². The number of methoxy groups -OCH3 is 1. The highest BCUT2D eigenvalue weighted by Gasteiger charge is 2.57. The number of phosphoric ester groups is 1. The highest BCUT2D eigenvalue weighted by Crippen LogP contribution is 2.35. The highest BCUT2D eigenvalue weighted by molar-refractivity contribution is 7.93. The Bertz CT molecular complexity index is 1030. The number of carbonyl (C=O) groups is 2. The third-order valence-electron chi connectivity index (χ3n) is 4.38. The molecule has 1 aliphatic rings. The molecule has 1 aromatic rings. The molecule has 1 atom stereocenters. The van der Waals surface area contributed by atoms with Gasteiger partial charge in [0, 0.05) is 24.7 Å². The Morgan fingerprint density at radius 2 is 1.87 bits per heavy atom. The van der Waals surface area contributed by atoms with Crippen molar-refractivity contribution in [3.8, 4) is 11.8 Å². The third-order valence-corrected chi connectivity index (χ3v) is 6.75. The van der Waals surface area contributed by atoms with Crippen LogP contribution in [0.25, 0.3) is 0 Å². The molecular formula is C17H21N2O10PS. The summed E-state index contributed by atoms with van der Waals surface area (Å²) >= 11 is 0. The minimum Gasteiger partial charge on any atom is -0.373 e. The molecule has 1 aromatic carbocycles. The molecule has 0 spiro atoms. The molecule has 1 heterocycles. The van der Waals surface area contributed by atoms with Crippen LogP contribution in [-0.2, 0) is 28.5 Å². The summed E-state index contributed by atoms with van der Waals surface area (Å²) in [7, 11) is -6.75. The lowest BCUT2D eigenvalue weighted by atomic mass is 9.95. The first-order valence-electron chi connectivity index (χ1n) is 8.71. The molecule has 170 valence electrons. The summed E-state index contributed by atoms with van der Waals surface area (Å²) < 4.78 is 43.2. The SMILES string of the molecule is COC1(C(NC(=O)c2ccc(C#CCCOP(=O)(O)O)cc2)C(=O)NO)CS(=O)(=O)C1. The first-order valence-corrected chi connectivity index (χ1v) is 12.1. The summed E-state index contributed by atoms with van der Waals surface area (Å²) in [4.78, 5) is 41.7. The van der Waals surface area contributed by atoms with E-state index in [1.165, 1.54) is 36.9 Å². The highest BCUT2D eigenvalue weighted by atomic mass is 32.2.